The number of hydrogen-bond donors (Lipinski definition) is 1. The average molecular weight is 302 g/mol. The first-order valence-electron chi connectivity index (χ1n) is 9.22. The minimum Gasteiger partial charge on any atom is -0.390 e. The van der Waals surface area contributed by atoms with Crippen molar-refractivity contribution < 1.29 is 9.90 Å². The van der Waals surface area contributed by atoms with E-state index in [4.69, 9.17) is 0 Å². The molecule has 2 nitrogen and oxygen atoms in total. The van der Waals surface area contributed by atoms with Gasteiger partial charge >= 0.3 is 0 Å². The van der Waals surface area contributed by atoms with Gasteiger partial charge in [0, 0.05) is 11.8 Å². The predicted octanol–water partition coefficient (Wildman–Crippen LogP) is 4.27. The van der Waals surface area contributed by atoms with E-state index in [0.717, 1.165) is 38.5 Å². The van der Waals surface area contributed by atoms with E-state index >= 15 is 0 Å². The van der Waals surface area contributed by atoms with Gasteiger partial charge in [-0.2, -0.15) is 0 Å². The van der Waals surface area contributed by atoms with Crippen molar-refractivity contribution >= 4 is 5.78 Å². The molecule has 4 rings (SSSR count). The lowest BCUT2D eigenvalue weighted by Gasteiger charge is -2.57. The van der Waals surface area contributed by atoms with Crippen LogP contribution in [0.15, 0.2) is 11.6 Å². The summed E-state index contributed by atoms with van der Waals surface area (Å²) in [6.45, 7) is 6.69. The van der Waals surface area contributed by atoms with Gasteiger partial charge in [-0.15, -0.1) is 0 Å². The van der Waals surface area contributed by atoms with Crippen LogP contribution in [-0.2, 0) is 4.79 Å². The molecule has 0 bridgehead atoms. The lowest BCUT2D eigenvalue weighted by Crippen LogP contribution is -2.50. The highest BCUT2D eigenvalue weighted by Gasteiger charge is 2.57. The summed E-state index contributed by atoms with van der Waals surface area (Å²) in [7, 11) is 0. The van der Waals surface area contributed by atoms with Crippen molar-refractivity contribution in [2.45, 2.75) is 77.7 Å². The summed E-state index contributed by atoms with van der Waals surface area (Å²) in [6.07, 6.45) is 10.8. The molecule has 22 heavy (non-hydrogen) atoms. The zero-order valence-corrected chi connectivity index (χ0v) is 14.3. The van der Waals surface area contributed by atoms with Gasteiger partial charge in [-0.25, -0.2) is 0 Å². The topological polar surface area (TPSA) is 37.3 Å². The van der Waals surface area contributed by atoms with Crippen molar-refractivity contribution in [2.24, 2.45) is 28.6 Å². The van der Waals surface area contributed by atoms with Crippen molar-refractivity contribution in [1.29, 1.82) is 0 Å². The maximum absolute atomic E-state index is 12.4. The third-order valence-electron chi connectivity index (χ3n) is 8.02. The highest BCUT2D eigenvalue weighted by molar-refractivity contribution is 5.87. The SMILES string of the molecule is CC12CC[C@@](C)(O)C[C@@H]1CCC1C2=CC[C@]2(C)C(=O)CC[C@@H]12. The summed E-state index contributed by atoms with van der Waals surface area (Å²) in [5.74, 6) is 2.35. The molecule has 1 N–H and O–H groups in total. The first-order chi connectivity index (χ1) is 10.3. The molecule has 0 spiro atoms. The molecule has 0 aromatic carbocycles. The number of carbonyl (C=O) groups is 1. The predicted molar refractivity (Wildman–Crippen MR) is 87.3 cm³/mol. The molecule has 0 heterocycles. The Morgan fingerprint density at radius 2 is 1.86 bits per heavy atom. The van der Waals surface area contributed by atoms with Gasteiger partial charge in [0.25, 0.3) is 0 Å². The molecule has 122 valence electrons. The van der Waals surface area contributed by atoms with Crippen LogP contribution in [0.4, 0.5) is 0 Å². The maximum atomic E-state index is 12.4. The van der Waals surface area contributed by atoms with Crippen LogP contribution in [0, 0.1) is 28.6 Å². The van der Waals surface area contributed by atoms with Gasteiger partial charge in [0.1, 0.15) is 5.78 Å². The lowest BCUT2D eigenvalue weighted by molar-refractivity contribution is -0.127. The lowest BCUT2D eigenvalue weighted by atomic mass is 9.48. The Labute approximate surface area is 134 Å². The van der Waals surface area contributed by atoms with Crippen LogP contribution in [0.3, 0.4) is 0 Å². The Hall–Kier alpha value is -0.630. The van der Waals surface area contributed by atoms with Crippen molar-refractivity contribution in [1.82, 2.24) is 0 Å². The summed E-state index contributed by atoms with van der Waals surface area (Å²) in [5.41, 5.74) is 1.40. The molecule has 3 saturated carbocycles. The molecule has 0 aliphatic heterocycles. The summed E-state index contributed by atoms with van der Waals surface area (Å²) in [5, 5.41) is 10.5. The van der Waals surface area contributed by atoms with Gasteiger partial charge in [0.15, 0.2) is 0 Å². The zero-order chi connectivity index (χ0) is 15.8. The molecule has 2 unspecified atom stereocenters. The molecular weight excluding hydrogens is 272 g/mol. The first-order valence-corrected chi connectivity index (χ1v) is 9.22. The smallest absolute Gasteiger partial charge is 0.139 e. The van der Waals surface area contributed by atoms with E-state index in [0.29, 0.717) is 23.5 Å². The van der Waals surface area contributed by atoms with E-state index in [1.54, 1.807) is 5.57 Å². The van der Waals surface area contributed by atoms with Gasteiger partial charge in [-0.3, -0.25) is 4.79 Å². The number of fused-ring (bicyclic) bond motifs is 5. The highest BCUT2D eigenvalue weighted by atomic mass is 16.3. The Bertz CT molecular complexity index is 546. The summed E-state index contributed by atoms with van der Waals surface area (Å²) < 4.78 is 0. The van der Waals surface area contributed by atoms with Crippen molar-refractivity contribution in [3.8, 4) is 0 Å². The van der Waals surface area contributed by atoms with Crippen LogP contribution in [0.25, 0.3) is 0 Å². The molecule has 0 saturated heterocycles. The third-order valence-corrected chi connectivity index (χ3v) is 8.02. The zero-order valence-electron chi connectivity index (χ0n) is 14.3. The van der Waals surface area contributed by atoms with E-state index in [2.05, 4.69) is 19.9 Å². The molecule has 4 aliphatic rings. The first kappa shape index (κ1) is 14.9. The number of allylic oxidation sites excluding steroid dienone is 2. The van der Waals surface area contributed by atoms with Gasteiger partial charge in [0.05, 0.1) is 5.60 Å². The minimum absolute atomic E-state index is 0.0719. The normalized spacial score (nSPS) is 54.3. The van der Waals surface area contributed by atoms with Crippen LogP contribution in [0.2, 0.25) is 0 Å². The molecule has 0 aromatic heterocycles. The maximum Gasteiger partial charge on any atom is 0.139 e. The summed E-state index contributed by atoms with van der Waals surface area (Å²) >= 11 is 0. The molecular formula is C20H30O2. The van der Waals surface area contributed by atoms with E-state index in [-0.39, 0.29) is 10.8 Å². The van der Waals surface area contributed by atoms with Gasteiger partial charge in [-0.05, 0) is 75.0 Å². The molecule has 0 aromatic rings. The minimum atomic E-state index is -0.468. The Morgan fingerprint density at radius 3 is 2.64 bits per heavy atom. The number of hydrogen-bond acceptors (Lipinski definition) is 2. The molecule has 0 amide bonds. The molecule has 4 aliphatic carbocycles. The second-order valence-corrected chi connectivity index (χ2v) is 9.35. The van der Waals surface area contributed by atoms with Crippen molar-refractivity contribution in [3.05, 3.63) is 11.6 Å². The molecule has 6 atom stereocenters. The summed E-state index contributed by atoms with van der Waals surface area (Å²) in [4.78, 5) is 12.4. The van der Waals surface area contributed by atoms with Gasteiger partial charge in [0.2, 0.25) is 0 Å². The average Bonchev–Trinajstić information content (AvgIpc) is 2.76. The number of aliphatic hydroxyl groups is 1. The van der Waals surface area contributed by atoms with E-state index < -0.39 is 5.60 Å². The highest BCUT2D eigenvalue weighted by Crippen LogP contribution is 2.64. The Kier molecular flexibility index (Phi) is 3.03. The van der Waals surface area contributed by atoms with E-state index in [9.17, 15) is 9.90 Å². The number of carbonyl (C=O) groups excluding carboxylic acids is 1. The van der Waals surface area contributed by atoms with Crippen LogP contribution < -0.4 is 0 Å². The largest absolute Gasteiger partial charge is 0.390 e. The van der Waals surface area contributed by atoms with Crippen LogP contribution >= 0.6 is 0 Å². The fourth-order valence-corrected chi connectivity index (χ4v) is 6.48. The van der Waals surface area contributed by atoms with Crippen molar-refractivity contribution in [3.63, 3.8) is 0 Å². The Morgan fingerprint density at radius 1 is 1.09 bits per heavy atom. The van der Waals surface area contributed by atoms with Gasteiger partial charge in [-0.1, -0.05) is 25.5 Å². The summed E-state index contributed by atoms with van der Waals surface area (Å²) in [6, 6.07) is 0. The second-order valence-electron chi connectivity index (χ2n) is 9.35. The van der Waals surface area contributed by atoms with E-state index in [1.807, 2.05) is 6.92 Å². The standard InChI is InChI=1S/C20H30O2/c1-18(22)10-11-19(2)13(12-18)4-5-14-15-6-7-17(21)20(15,3)9-8-16(14)19/h8,13-15,22H,4-7,9-12H2,1-3H3/t13-,14?,15-,18+,19?,20-/m0/s1. The van der Waals surface area contributed by atoms with E-state index in [1.165, 1.54) is 12.8 Å². The Balaban J connectivity index is 1.70. The van der Waals surface area contributed by atoms with Crippen LogP contribution in [0.5, 0.6) is 0 Å². The fourth-order valence-electron chi connectivity index (χ4n) is 6.48. The second kappa shape index (κ2) is 4.47. The van der Waals surface area contributed by atoms with Crippen molar-refractivity contribution in [2.75, 3.05) is 0 Å². The monoisotopic (exact) mass is 302 g/mol. The quantitative estimate of drug-likeness (QED) is 0.679. The van der Waals surface area contributed by atoms with Crippen LogP contribution in [-0.4, -0.2) is 16.5 Å². The number of Topliss-reactive ketones (excluding diaryl/α,β-unsaturated/α-hetero) is 1. The number of rotatable bonds is 0. The van der Waals surface area contributed by atoms with Crippen LogP contribution in [0.1, 0.15) is 72.1 Å². The third kappa shape index (κ3) is 1.85. The molecule has 3 fully saturated rings. The fraction of sp³-hybridized carbons (Fsp3) is 0.850. The molecule has 0 radical (unpaired) electrons. The number of ketones is 1. The van der Waals surface area contributed by atoms with Gasteiger partial charge < -0.3 is 5.11 Å². The molecule has 2 heteroatoms.